The summed E-state index contributed by atoms with van der Waals surface area (Å²) in [6, 6.07) is 4.98. The lowest BCUT2D eigenvalue weighted by atomic mass is 10.0. The van der Waals surface area contributed by atoms with Gasteiger partial charge in [-0.05, 0) is 36.6 Å². The highest BCUT2D eigenvalue weighted by Crippen LogP contribution is 2.38. The fraction of sp³-hybridized carbons (Fsp3) is 0.375. The van der Waals surface area contributed by atoms with E-state index in [4.69, 9.17) is 16.3 Å². The molecule has 2 atom stereocenters. The van der Waals surface area contributed by atoms with Crippen molar-refractivity contribution in [1.82, 2.24) is 19.8 Å². The fourth-order valence-corrected chi connectivity index (χ4v) is 6.40. The number of carbonyl (C=O) groups excluding carboxylic acids is 1. The molecule has 0 saturated carbocycles. The van der Waals surface area contributed by atoms with Gasteiger partial charge in [-0.3, -0.25) is 9.69 Å². The number of anilines is 2. The number of rotatable bonds is 5. The summed E-state index contributed by atoms with van der Waals surface area (Å²) in [6.07, 6.45) is 7.40. The number of hydrogen-bond donors (Lipinski definition) is 1. The van der Waals surface area contributed by atoms with Gasteiger partial charge in [0.15, 0.2) is 0 Å². The Morgan fingerprint density at radius 1 is 1.38 bits per heavy atom. The number of carbonyl (C=O) groups is 1. The molecule has 3 aliphatic rings. The molecule has 1 N–H and O–H groups in total. The minimum atomic E-state index is -0.464. The van der Waals surface area contributed by atoms with Gasteiger partial charge in [-0.2, -0.15) is 0 Å². The topological polar surface area (TPSA) is 70.6 Å². The summed E-state index contributed by atoms with van der Waals surface area (Å²) < 4.78 is 19.2. The van der Waals surface area contributed by atoms with Crippen LogP contribution in [0.1, 0.15) is 16.9 Å². The van der Waals surface area contributed by atoms with Crippen LogP contribution in [0, 0.1) is 5.82 Å². The van der Waals surface area contributed by atoms with E-state index in [9.17, 15) is 9.18 Å². The third kappa shape index (κ3) is 4.07. The molecule has 2 saturated heterocycles. The minimum absolute atomic E-state index is 0.0362. The molecule has 6 rings (SSSR count). The number of morpholine rings is 1. The molecule has 3 aliphatic heterocycles. The van der Waals surface area contributed by atoms with Crippen molar-refractivity contribution in [3.05, 3.63) is 58.0 Å². The van der Waals surface area contributed by atoms with Gasteiger partial charge in [-0.1, -0.05) is 17.7 Å². The van der Waals surface area contributed by atoms with Gasteiger partial charge in [0, 0.05) is 42.3 Å². The lowest BCUT2D eigenvalue weighted by molar-refractivity contribution is -0.126. The Morgan fingerprint density at radius 3 is 3.09 bits per heavy atom. The zero-order chi connectivity index (χ0) is 23.2. The Labute approximate surface area is 205 Å². The van der Waals surface area contributed by atoms with E-state index in [2.05, 4.69) is 20.2 Å². The highest BCUT2D eigenvalue weighted by molar-refractivity contribution is 7.19. The van der Waals surface area contributed by atoms with Crippen molar-refractivity contribution in [2.75, 3.05) is 31.6 Å². The zero-order valence-corrected chi connectivity index (χ0v) is 19.9. The number of likely N-dealkylation sites (tertiary alicyclic amines) is 1. The Bertz CT molecular complexity index is 1300. The van der Waals surface area contributed by atoms with Crippen LogP contribution < -0.4 is 5.32 Å². The largest absolute Gasteiger partial charge is 0.375 e. The standard InChI is InChI=1S/C24H23ClFN5O2S/c25-18-8-14(3-4-19(18)26)29-23-22-17-5-7-31(11-20(17)34-24(22)28-13-27-23)21(32)2-1-6-30-10-16-9-15(30)12-33-16/h1-4,8,13,15-16H,5-7,9-12H2,(H,27,28,29)/b2-1+. The van der Waals surface area contributed by atoms with Crippen molar-refractivity contribution in [1.29, 1.82) is 0 Å². The van der Waals surface area contributed by atoms with E-state index in [0.29, 0.717) is 36.7 Å². The van der Waals surface area contributed by atoms with Crippen molar-refractivity contribution in [3.63, 3.8) is 0 Å². The maximum absolute atomic E-state index is 13.5. The van der Waals surface area contributed by atoms with Gasteiger partial charge >= 0.3 is 0 Å². The number of nitrogens with zero attached hydrogens (tertiary/aromatic N) is 4. The van der Waals surface area contributed by atoms with E-state index in [1.54, 1.807) is 23.5 Å². The van der Waals surface area contributed by atoms with Gasteiger partial charge in [0.2, 0.25) is 5.91 Å². The summed E-state index contributed by atoms with van der Waals surface area (Å²) in [5, 5.41) is 4.26. The van der Waals surface area contributed by atoms with E-state index in [0.717, 1.165) is 53.2 Å². The van der Waals surface area contributed by atoms with Crippen LogP contribution in [0.4, 0.5) is 15.9 Å². The van der Waals surface area contributed by atoms with Gasteiger partial charge in [0.1, 0.15) is 22.8 Å². The predicted molar refractivity (Wildman–Crippen MR) is 130 cm³/mol. The van der Waals surface area contributed by atoms with Crippen LogP contribution in [0.25, 0.3) is 10.2 Å². The lowest BCUT2D eigenvalue weighted by Crippen LogP contribution is -2.37. The van der Waals surface area contributed by atoms with E-state index in [1.165, 1.54) is 18.5 Å². The van der Waals surface area contributed by atoms with E-state index in [1.807, 2.05) is 11.0 Å². The number of thiophene rings is 1. The van der Waals surface area contributed by atoms with Gasteiger partial charge in [0.05, 0.1) is 29.7 Å². The third-order valence-corrected chi connectivity index (χ3v) is 8.16. The number of nitrogens with one attached hydrogen (secondary N) is 1. The molecule has 0 aliphatic carbocycles. The van der Waals surface area contributed by atoms with Crippen molar-refractivity contribution in [2.45, 2.75) is 31.5 Å². The molecule has 2 fully saturated rings. The van der Waals surface area contributed by atoms with Crippen molar-refractivity contribution in [3.8, 4) is 0 Å². The first kappa shape index (κ1) is 21.9. The number of hydrogen-bond acceptors (Lipinski definition) is 7. The number of fused-ring (bicyclic) bond motifs is 5. The Kier molecular flexibility index (Phi) is 5.73. The summed E-state index contributed by atoms with van der Waals surface area (Å²) >= 11 is 7.52. The molecule has 7 nitrogen and oxygen atoms in total. The van der Waals surface area contributed by atoms with E-state index < -0.39 is 5.82 Å². The molecule has 3 aromatic rings. The van der Waals surface area contributed by atoms with Gasteiger partial charge in [0.25, 0.3) is 0 Å². The molecule has 2 aromatic heterocycles. The van der Waals surface area contributed by atoms with Crippen LogP contribution in [-0.4, -0.2) is 64.1 Å². The maximum Gasteiger partial charge on any atom is 0.246 e. The second kappa shape index (κ2) is 8.88. The van der Waals surface area contributed by atoms with Crippen LogP contribution in [0.3, 0.4) is 0 Å². The highest BCUT2D eigenvalue weighted by Gasteiger charge is 2.38. The second-order valence-corrected chi connectivity index (χ2v) is 10.4. The van der Waals surface area contributed by atoms with Gasteiger partial charge in [-0.25, -0.2) is 14.4 Å². The average molecular weight is 500 g/mol. The quantitative estimate of drug-likeness (QED) is 0.532. The molecule has 176 valence electrons. The van der Waals surface area contributed by atoms with Crippen LogP contribution in [0.2, 0.25) is 5.02 Å². The van der Waals surface area contributed by atoms with Crippen molar-refractivity contribution in [2.24, 2.45) is 0 Å². The lowest BCUT2D eigenvalue weighted by Gasteiger charge is -2.27. The molecule has 34 heavy (non-hydrogen) atoms. The molecular formula is C24H23ClFN5O2S. The number of benzene rings is 1. The minimum Gasteiger partial charge on any atom is -0.375 e. The van der Waals surface area contributed by atoms with Gasteiger partial charge in [-0.15, -0.1) is 11.3 Å². The zero-order valence-electron chi connectivity index (χ0n) is 18.3. The molecular weight excluding hydrogens is 477 g/mol. The van der Waals surface area contributed by atoms with Crippen molar-refractivity contribution < 1.29 is 13.9 Å². The number of aromatic nitrogens is 2. The van der Waals surface area contributed by atoms with Crippen LogP contribution in [0.15, 0.2) is 36.7 Å². The first-order valence-electron chi connectivity index (χ1n) is 11.3. The molecule has 0 spiro atoms. The molecule has 1 aromatic carbocycles. The van der Waals surface area contributed by atoms with Crippen LogP contribution in [-0.2, 0) is 22.5 Å². The Hall–Kier alpha value is -2.59. The maximum atomic E-state index is 13.5. The third-order valence-electron chi connectivity index (χ3n) is 6.75. The monoisotopic (exact) mass is 499 g/mol. The summed E-state index contributed by atoms with van der Waals surface area (Å²) in [6.45, 7) is 3.75. The van der Waals surface area contributed by atoms with Crippen LogP contribution in [0.5, 0.6) is 0 Å². The van der Waals surface area contributed by atoms with E-state index >= 15 is 0 Å². The smallest absolute Gasteiger partial charge is 0.246 e. The first-order valence-corrected chi connectivity index (χ1v) is 12.5. The molecule has 2 bridgehead atoms. The SMILES string of the molecule is O=C(/C=C/CN1CC2CC1CO2)N1CCc2c(sc3ncnc(Nc4ccc(F)c(Cl)c4)c23)C1. The summed E-state index contributed by atoms with van der Waals surface area (Å²) in [4.78, 5) is 28.0. The molecule has 0 radical (unpaired) electrons. The number of amides is 1. The predicted octanol–water partition coefficient (Wildman–Crippen LogP) is 4.14. The molecule has 2 unspecified atom stereocenters. The van der Waals surface area contributed by atoms with E-state index in [-0.39, 0.29) is 10.9 Å². The number of halogens is 2. The molecule has 1 amide bonds. The fourth-order valence-electron chi connectivity index (χ4n) is 5.02. The normalized spacial score (nSPS) is 22.1. The molecule has 5 heterocycles. The first-order chi connectivity index (χ1) is 16.5. The second-order valence-electron chi connectivity index (χ2n) is 8.87. The highest BCUT2D eigenvalue weighted by atomic mass is 35.5. The Balaban J connectivity index is 1.17. The summed E-state index contributed by atoms with van der Waals surface area (Å²) in [7, 11) is 0. The Morgan fingerprint density at radius 2 is 2.29 bits per heavy atom. The number of ether oxygens (including phenoxy) is 1. The van der Waals surface area contributed by atoms with Gasteiger partial charge < -0.3 is 15.0 Å². The van der Waals surface area contributed by atoms with Crippen LogP contribution >= 0.6 is 22.9 Å². The molecule has 10 heteroatoms. The average Bonchev–Trinajstić information content (AvgIpc) is 3.55. The van der Waals surface area contributed by atoms with Crippen molar-refractivity contribution >= 4 is 50.6 Å². The summed E-state index contributed by atoms with van der Waals surface area (Å²) in [5.41, 5.74) is 1.82. The summed E-state index contributed by atoms with van der Waals surface area (Å²) in [5.74, 6) is 0.233.